The second-order valence-electron chi connectivity index (χ2n) is 5.79. The summed E-state index contributed by atoms with van der Waals surface area (Å²) in [6.07, 6.45) is 2.09. The second kappa shape index (κ2) is 6.06. The van der Waals surface area contributed by atoms with E-state index < -0.39 is 0 Å². The van der Waals surface area contributed by atoms with Crippen molar-refractivity contribution in [1.82, 2.24) is 20.0 Å². The van der Waals surface area contributed by atoms with Crippen molar-refractivity contribution >= 4 is 0 Å². The highest BCUT2D eigenvalue weighted by atomic mass is 15.3. The number of nitrogens with zero attached hydrogens (tertiary/aromatic N) is 3. The fourth-order valence-electron chi connectivity index (χ4n) is 3.09. The Balaban J connectivity index is 2.21. The number of piperazine rings is 1. The van der Waals surface area contributed by atoms with E-state index in [1.165, 1.54) is 17.0 Å². The molecule has 1 fully saturated rings. The molecule has 1 aromatic heterocycles. The molecular weight excluding hydrogens is 236 g/mol. The zero-order chi connectivity index (χ0) is 14.0. The van der Waals surface area contributed by atoms with Crippen LogP contribution < -0.4 is 5.32 Å². The molecule has 1 aromatic rings. The number of aryl methyl sites for hydroxylation is 2. The number of hydrogen-bond donors (Lipinski definition) is 1. The highest BCUT2D eigenvalue weighted by Gasteiger charge is 2.25. The van der Waals surface area contributed by atoms with E-state index in [9.17, 15) is 0 Å². The third-order valence-corrected chi connectivity index (χ3v) is 4.28. The summed E-state index contributed by atoms with van der Waals surface area (Å²) in [6, 6.07) is 1.19. The molecule has 0 aliphatic carbocycles. The Labute approximate surface area is 117 Å². The lowest BCUT2D eigenvalue weighted by molar-refractivity contribution is 0.138. The summed E-state index contributed by atoms with van der Waals surface area (Å²) < 4.78 is 2.07. The first-order chi connectivity index (χ1) is 9.06. The minimum Gasteiger partial charge on any atom is -0.311 e. The number of hydrogen-bond acceptors (Lipinski definition) is 3. The van der Waals surface area contributed by atoms with E-state index in [2.05, 4.69) is 54.7 Å². The summed E-state index contributed by atoms with van der Waals surface area (Å²) in [7, 11) is 2.07. The Bertz CT molecular complexity index is 424. The average Bonchev–Trinajstić information content (AvgIpc) is 2.69. The van der Waals surface area contributed by atoms with Gasteiger partial charge in [-0.05, 0) is 26.7 Å². The van der Waals surface area contributed by atoms with Crippen molar-refractivity contribution in [2.24, 2.45) is 7.05 Å². The maximum atomic E-state index is 4.68. The van der Waals surface area contributed by atoms with Crippen LogP contribution in [0.3, 0.4) is 0 Å². The number of nitrogens with one attached hydrogen (secondary N) is 1. The molecule has 2 unspecified atom stereocenters. The molecule has 2 heterocycles. The van der Waals surface area contributed by atoms with E-state index >= 15 is 0 Å². The number of rotatable bonds is 4. The molecule has 0 aromatic carbocycles. The van der Waals surface area contributed by atoms with Crippen molar-refractivity contribution < 1.29 is 0 Å². The lowest BCUT2D eigenvalue weighted by Crippen LogP contribution is -2.53. The van der Waals surface area contributed by atoms with Crippen molar-refractivity contribution in [1.29, 1.82) is 0 Å². The maximum Gasteiger partial charge on any atom is 0.0669 e. The maximum absolute atomic E-state index is 4.68. The van der Waals surface area contributed by atoms with E-state index in [0.29, 0.717) is 12.1 Å². The zero-order valence-electron chi connectivity index (χ0n) is 13.0. The summed E-state index contributed by atoms with van der Waals surface area (Å²) in [5.74, 6) is 0. The fourth-order valence-corrected chi connectivity index (χ4v) is 3.09. The molecule has 0 saturated carbocycles. The van der Waals surface area contributed by atoms with Gasteiger partial charge in [-0.1, -0.05) is 13.8 Å². The van der Waals surface area contributed by atoms with Crippen LogP contribution in [0.4, 0.5) is 0 Å². The van der Waals surface area contributed by atoms with Gasteiger partial charge in [-0.2, -0.15) is 5.10 Å². The van der Waals surface area contributed by atoms with Gasteiger partial charge in [0.2, 0.25) is 0 Å². The first kappa shape index (κ1) is 14.5. The summed E-state index contributed by atoms with van der Waals surface area (Å²) in [4.78, 5) is 2.59. The van der Waals surface area contributed by atoms with Gasteiger partial charge in [-0.15, -0.1) is 0 Å². The van der Waals surface area contributed by atoms with Gasteiger partial charge in [0.05, 0.1) is 5.69 Å². The normalized spacial score (nSPS) is 24.9. The summed E-state index contributed by atoms with van der Waals surface area (Å²) >= 11 is 0. The zero-order valence-corrected chi connectivity index (χ0v) is 13.0. The van der Waals surface area contributed by atoms with Gasteiger partial charge in [0, 0.05) is 50.0 Å². The molecule has 108 valence electrons. The van der Waals surface area contributed by atoms with Gasteiger partial charge >= 0.3 is 0 Å². The molecule has 1 N–H and O–H groups in total. The molecule has 0 bridgehead atoms. The van der Waals surface area contributed by atoms with Gasteiger partial charge in [0.15, 0.2) is 0 Å². The monoisotopic (exact) mass is 264 g/mol. The topological polar surface area (TPSA) is 33.1 Å². The summed E-state index contributed by atoms with van der Waals surface area (Å²) in [5.41, 5.74) is 4.14. The van der Waals surface area contributed by atoms with E-state index in [1.54, 1.807) is 0 Å². The van der Waals surface area contributed by atoms with Crippen molar-refractivity contribution in [3.05, 3.63) is 17.0 Å². The van der Waals surface area contributed by atoms with Gasteiger partial charge in [0.25, 0.3) is 0 Å². The third-order valence-electron chi connectivity index (χ3n) is 4.28. The van der Waals surface area contributed by atoms with Crippen LogP contribution in [-0.2, 0) is 26.4 Å². The fraction of sp³-hybridized carbons (Fsp3) is 0.800. The summed E-state index contributed by atoms with van der Waals surface area (Å²) in [6.45, 7) is 12.3. The minimum absolute atomic E-state index is 0.586. The predicted octanol–water partition coefficient (Wildman–Crippen LogP) is 1.73. The van der Waals surface area contributed by atoms with Crippen molar-refractivity contribution in [2.75, 3.05) is 13.1 Å². The highest BCUT2D eigenvalue weighted by molar-refractivity contribution is 5.26. The second-order valence-corrected chi connectivity index (χ2v) is 5.79. The first-order valence-corrected chi connectivity index (χ1v) is 7.57. The van der Waals surface area contributed by atoms with Crippen LogP contribution in [0.15, 0.2) is 0 Å². The summed E-state index contributed by atoms with van der Waals surface area (Å²) in [5, 5.41) is 8.23. The highest BCUT2D eigenvalue weighted by Crippen LogP contribution is 2.20. The lowest BCUT2D eigenvalue weighted by Gasteiger charge is -2.37. The smallest absolute Gasteiger partial charge is 0.0669 e. The SMILES string of the molecule is CCc1nn(C)c(CC)c1CN1CC(C)NCC1C. The van der Waals surface area contributed by atoms with Crippen LogP contribution in [-0.4, -0.2) is 39.9 Å². The Morgan fingerprint density at radius 2 is 2.00 bits per heavy atom. The quantitative estimate of drug-likeness (QED) is 0.899. The van der Waals surface area contributed by atoms with Gasteiger partial charge in [0.1, 0.15) is 0 Å². The largest absolute Gasteiger partial charge is 0.311 e. The average molecular weight is 264 g/mol. The van der Waals surface area contributed by atoms with Gasteiger partial charge in [-0.25, -0.2) is 0 Å². The molecular formula is C15H28N4. The van der Waals surface area contributed by atoms with Crippen molar-refractivity contribution in [2.45, 2.75) is 59.2 Å². The standard InChI is InChI=1S/C15H28N4/c1-6-14-13(15(7-2)18(5)17-14)10-19-9-11(3)16-8-12(19)4/h11-12,16H,6-10H2,1-5H3. The molecule has 1 aliphatic rings. The lowest BCUT2D eigenvalue weighted by atomic mass is 10.1. The third kappa shape index (κ3) is 3.00. The molecule has 1 aliphatic heterocycles. The van der Waals surface area contributed by atoms with E-state index in [0.717, 1.165) is 32.5 Å². The van der Waals surface area contributed by atoms with E-state index in [1.807, 2.05) is 0 Å². The van der Waals surface area contributed by atoms with E-state index in [-0.39, 0.29) is 0 Å². The van der Waals surface area contributed by atoms with Crippen molar-refractivity contribution in [3.63, 3.8) is 0 Å². The van der Waals surface area contributed by atoms with Crippen LogP contribution in [0.5, 0.6) is 0 Å². The van der Waals surface area contributed by atoms with E-state index in [4.69, 9.17) is 0 Å². The first-order valence-electron chi connectivity index (χ1n) is 7.57. The van der Waals surface area contributed by atoms with Crippen LogP contribution >= 0.6 is 0 Å². The Morgan fingerprint density at radius 1 is 1.26 bits per heavy atom. The molecule has 4 heteroatoms. The van der Waals surface area contributed by atoms with Crippen LogP contribution in [0.25, 0.3) is 0 Å². The van der Waals surface area contributed by atoms with Crippen LogP contribution in [0.1, 0.15) is 44.6 Å². The number of aromatic nitrogens is 2. The molecule has 4 nitrogen and oxygen atoms in total. The molecule has 0 amide bonds. The Hall–Kier alpha value is -0.870. The minimum atomic E-state index is 0.586. The van der Waals surface area contributed by atoms with Crippen LogP contribution in [0, 0.1) is 0 Å². The Morgan fingerprint density at radius 3 is 2.63 bits per heavy atom. The van der Waals surface area contributed by atoms with Gasteiger partial charge in [-0.3, -0.25) is 9.58 Å². The molecule has 19 heavy (non-hydrogen) atoms. The molecule has 0 radical (unpaired) electrons. The van der Waals surface area contributed by atoms with Gasteiger partial charge < -0.3 is 5.32 Å². The van der Waals surface area contributed by atoms with Crippen molar-refractivity contribution in [3.8, 4) is 0 Å². The molecule has 2 atom stereocenters. The molecule has 1 saturated heterocycles. The Kier molecular flexibility index (Phi) is 4.63. The molecule has 0 spiro atoms. The molecule has 2 rings (SSSR count). The van der Waals surface area contributed by atoms with Crippen LogP contribution in [0.2, 0.25) is 0 Å². The predicted molar refractivity (Wildman–Crippen MR) is 79.3 cm³/mol.